The summed E-state index contributed by atoms with van der Waals surface area (Å²) in [4.78, 5) is 4.34. The second kappa shape index (κ2) is 9.72. The van der Waals surface area contributed by atoms with Crippen LogP contribution < -0.4 is 10.6 Å². The maximum Gasteiger partial charge on any atom is 0.191 e. The molecule has 1 heterocycles. The molecule has 6 heteroatoms. The van der Waals surface area contributed by atoms with E-state index in [0.717, 1.165) is 62.8 Å². The molecule has 0 radical (unpaired) electrons. The topological polar surface area (TPSA) is 54.9 Å². The minimum atomic E-state index is 0.258. The Morgan fingerprint density at radius 3 is 2.96 bits per heavy atom. The summed E-state index contributed by atoms with van der Waals surface area (Å²) in [5, 5.41) is 6.88. The van der Waals surface area contributed by atoms with Gasteiger partial charge in [-0.1, -0.05) is 28.1 Å². The lowest BCUT2D eigenvalue weighted by Gasteiger charge is -2.19. The molecule has 26 heavy (non-hydrogen) atoms. The third-order valence-corrected chi connectivity index (χ3v) is 5.74. The van der Waals surface area contributed by atoms with Gasteiger partial charge in [0.25, 0.3) is 0 Å². The number of benzene rings is 1. The molecule has 5 nitrogen and oxygen atoms in total. The number of guanidine groups is 1. The number of nitrogens with zero attached hydrogens (tertiary/aromatic N) is 1. The Labute approximate surface area is 165 Å². The van der Waals surface area contributed by atoms with Crippen LogP contribution in [-0.4, -0.2) is 52.5 Å². The molecule has 1 aromatic rings. The summed E-state index contributed by atoms with van der Waals surface area (Å²) in [5.41, 5.74) is 1.66. The Balaban J connectivity index is 1.32. The molecule has 0 bridgehead atoms. The van der Waals surface area contributed by atoms with Crippen LogP contribution >= 0.6 is 15.9 Å². The minimum Gasteiger partial charge on any atom is -0.381 e. The predicted molar refractivity (Wildman–Crippen MR) is 109 cm³/mol. The highest BCUT2D eigenvalue weighted by atomic mass is 79.9. The first-order valence-corrected chi connectivity index (χ1v) is 10.4. The van der Waals surface area contributed by atoms with Gasteiger partial charge in [-0.25, -0.2) is 0 Å². The van der Waals surface area contributed by atoms with Gasteiger partial charge in [-0.3, -0.25) is 4.99 Å². The molecule has 2 aliphatic rings. The first-order chi connectivity index (χ1) is 12.7. The summed E-state index contributed by atoms with van der Waals surface area (Å²) in [6.07, 6.45) is 4.57. The van der Waals surface area contributed by atoms with E-state index in [9.17, 15) is 0 Å². The lowest BCUT2D eigenvalue weighted by atomic mass is 9.96. The normalized spacial score (nSPS) is 21.6. The molecule has 2 fully saturated rings. The first kappa shape index (κ1) is 19.6. The fraction of sp³-hybridized carbons (Fsp3) is 0.650. The molecule has 0 amide bonds. The highest BCUT2D eigenvalue weighted by Gasteiger charge is 2.44. The van der Waals surface area contributed by atoms with E-state index in [0.29, 0.717) is 5.92 Å². The van der Waals surface area contributed by atoms with Crippen molar-refractivity contribution < 1.29 is 9.47 Å². The quantitative estimate of drug-likeness (QED) is 0.364. The van der Waals surface area contributed by atoms with Gasteiger partial charge >= 0.3 is 0 Å². The molecule has 0 spiro atoms. The van der Waals surface area contributed by atoms with Crippen LogP contribution in [0.1, 0.15) is 31.2 Å². The van der Waals surface area contributed by atoms with Gasteiger partial charge in [-0.2, -0.15) is 0 Å². The Kier molecular flexibility index (Phi) is 7.34. The van der Waals surface area contributed by atoms with E-state index in [4.69, 9.17) is 9.47 Å². The second-order valence-corrected chi connectivity index (χ2v) is 8.22. The van der Waals surface area contributed by atoms with Gasteiger partial charge in [0.15, 0.2) is 5.96 Å². The third-order valence-electron chi connectivity index (χ3n) is 5.24. The van der Waals surface area contributed by atoms with Crippen LogP contribution in [0.3, 0.4) is 0 Å². The van der Waals surface area contributed by atoms with Gasteiger partial charge in [-0.15, -0.1) is 0 Å². The third kappa shape index (κ3) is 5.69. The largest absolute Gasteiger partial charge is 0.381 e. The van der Waals surface area contributed by atoms with E-state index >= 15 is 0 Å². The van der Waals surface area contributed by atoms with E-state index in [2.05, 4.69) is 55.8 Å². The molecule has 1 unspecified atom stereocenters. The molecule has 3 rings (SSSR count). The van der Waals surface area contributed by atoms with Crippen molar-refractivity contribution in [3.05, 3.63) is 34.3 Å². The monoisotopic (exact) mass is 423 g/mol. The number of ether oxygens (including phenoxy) is 2. The maximum absolute atomic E-state index is 5.74. The molecule has 1 aliphatic heterocycles. The molecule has 144 valence electrons. The first-order valence-electron chi connectivity index (χ1n) is 9.58. The van der Waals surface area contributed by atoms with Crippen molar-refractivity contribution in [3.63, 3.8) is 0 Å². The van der Waals surface area contributed by atoms with Gasteiger partial charge in [-0.05, 0) is 43.4 Å². The van der Waals surface area contributed by atoms with Crippen LogP contribution in [0, 0.1) is 5.92 Å². The molecule has 1 aliphatic carbocycles. The van der Waals surface area contributed by atoms with Crippen LogP contribution in [0.15, 0.2) is 33.7 Å². The standard InChI is InChI=1S/C20H30BrN3O2/c1-22-19(23-9-3-10-25-13-16-6-11-26-14-16)24-15-20(7-8-20)17-4-2-5-18(21)12-17/h2,4-5,12,16H,3,6-11,13-15H2,1H3,(H2,22,23,24). The maximum atomic E-state index is 5.74. The van der Waals surface area contributed by atoms with Gasteiger partial charge in [0.05, 0.1) is 13.2 Å². The van der Waals surface area contributed by atoms with Crippen LogP contribution in [-0.2, 0) is 14.9 Å². The van der Waals surface area contributed by atoms with Crippen molar-refractivity contribution in [2.75, 3.05) is 46.6 Å². The van der Waals surface area contributed by atoms with Gasteiger partial charge in [0, 0.05) is 49.2 Å². The average molecular weight is 424 g/mol. The van der Waals surface area contributed by atoms with Crippen molar-refractivity contribution in [2.24, 2.45) is 10.9 Å². The SMILES string of the molecule is CN=C(NCCCOCC1CCOC1)NCC1(c2cccc(Br)c2)CC1. The minimum absolute atomic E-state index is 0.258. The zero-order valence-electron chi connectivity index (χ0n) is 15.6. The summed E-state index contributed by atoms with van der Waals surface area (Å²) in [5.74, 6) is 1.46. The molecular weight excluding hydrogens is 394 g/mol. The van der Waals surface area contributed by atoms with Crippen molar-refractivity contribution in [1.82, 2.24) is 10.6 Å². The summed E-state index contributed by atoms with van der Waals surface area (Å²) >= 11 is 3.58. The van der Waals surface area contributed by atoms with E-state index < -0.39 is 0 Å². The zero-order chi connectivity index (χ0) is 18.2. The number of aliphatic imine (C=N–C) groups is 1. The van der Waals surface area contributed by atoms with Crippen LogP contribution in [0.25, 0.3) is 0 Å². The smallest absolute Gasteiger partial charge is 0.191 e. The molecule has 1 aromatic carbocycles. The fourth-order valence-electron chi connectivity index (χ4n) is 3.36. The molecule has 1 atom stereocenters. The lowest BCUT2D eigenvalue weighted by Crippen LogP contribution is -2.41. The Bertz CT molecular complexity index is 598. The van der Waals surface area contributed by atoms with Crippen molar-refractivity contribution in [2.45, 2.75) is 31.1 Å². The van der Waals surface area contributed by atoms with E-state index in [1.54, 1.807) is 0 Å². The summed E-state index contributed by atoms with van der Waals surface area (Å²) < 4.78 is 12.2. The van der Waals surface area contributed by atoms with Crippen LogP contribution in [0.2, 0.25) is 0 Å². The molecule has 1 saturated carbocycles. The van der Waals surface area contributed by atoms with E-state index in [-0.39, 0.29) is 5.41 Å². The molecular formula is C20H30BrN3O2. The van der Waals surface area contributed by atoms with Gasteiger partial charge in [0.2, 0.25) is 0 Å². The van der Waals surface area contributed by atoms with Crippen LogP contribution in [0.5, 0.6) is 0 Å². The highest BCUT2D eigenvalue weighted by Crippen LogP contribution is 2.48. The predicted octanol–water partition coefficient (Wildman–Crippen LogP) is 3.09. The number of hydrogen-bond acceptors (Lipinski definition) is 3. The second-order valence-electron chi connectivity index (χ2n) is 7.30. The summed E-state index contributed by atoms with van der Waals surface area (Å²) in [6.45, 7) is 5.13. The van der Waals surface area contributed by atoms with Gasteiger partial charge < -0.3 is 20.1 Å². The molecule has 1 saturated heterocycles. The lowest BCUT2D eigenvalue weighted by molar-refractivity contribution is 0.0888. The van der Waals surface area contributed by atoms with E-state index in [1.165, 1.54) is 18.4 Å². The van der Waals surface area contributed by atoms with E-state index in [1.807, 2.05) is 7.05 Å². The summed E-state index contributed by atoms with van der Waals surface area (Å²) in [6, 6.07) is 8.65. The molecule has 0 aromatic heterocycles. The number of halogens is 1. The number of nitrogens with one attached hydrogen (secondary N) is 2. The van der Waals surface area contributed by atoms with Gasteiger partial charge in [0.1, 0.15) is 0 Å². The Hall–Kier alpha value is -1.11. The Morgan fingerprint density at radius 2 is 2.27 bits per heavy atom. The van der Waals surface area contributed by atoms with Crippen molar-refractivity contribution >= 4 is 21.9 Å². The van der Waals surface area contributed by atoms with Crippen LogP contribution in [0.4, 0.5) is 0 Å². The summed E-state index contributed by atoms with van der Waals surface area (Å²) in [7, 11) is 1.82. The Morgan fingerprint density at radius 1 is 1.38 bits per heavy atom. The highest BCUT2D eigenvalue weighted by molar-refractivity contribution is 9.10. The van der Waals surface area contributed by atoms with Crippen molar-refractivity contribution in [3.8, 4) is 0 Å². The average Bonchev–Trinajstić information content (AvgIpc) is 3.27. The van der Waals surface area contributed by atoms with Crippen molar-refractivity contribution in [1.29, 1.82) is 0 Å². The molecule has 2 N–H and O–H groups in total. The fourth-order valence-corrected chi connectivity index (χ4v) is 3.76. The zero-order valence-corrected chi connectivity index (χ0v) is 17.2. The number of rotatable bonds is 9. The number of hydrogen-bond donors (Lipinski definition) is 2.